The highest BCUT2D eigenvalue weighted by molar-refractivity contribution is 14.1. The summed E-state index contributed by atoms with van der Waals surface area (Å²) in [5.74, 6) is 0.439. The molecule has 1 aliphatic rings. The molecule has 0 saturated carbocycles. The monoisotopic (exact) mass is 316 g/mol. The molecule has 0 unspecified atom stereocenters. The van der Waals surface area contributed by atoms with Crippen molar-refractivity contribution in [3.05, 3.63) is 33.4 Å². The number of ketones is 1. The molecule has 1 aromatic carbocycles. The van der Waals surface area contributed by atoms with Crippen molar-refractivity contribution in [1.29, 1.82) is 0 Å². The SMILES string of the molecule is O=C(c1cccc(I)c1)C1CCOCC1. The molecule has 1 aromatic rings. The summed E-state index contributed by atoms with van der Waals surface area (Å²) in [4.78, 5) is 12.1. The van der Waals surface area contributed by atoms with E-state index in [4.69, 9.17) is 4.74 Å². The third kappa shape index (κ3) is 2.78. The van der Waals surface area contributed by atoms with Crippen LogP contribution in [0.2, 0.25) is 0 Å². The first kappa shape index (κ1) is 11.1. The molecule has 2 nitrogen and oxygen atoms in total. The van der Waals surface area contributed by atoms with Gasteiger partial charge in [0.15, 0.2) is 5.78 Å². The van der Waals surface area contributed by atoms with Crippen LogP contribution >= 0.6 is 22.6 Å². The van der Waals surface area contributed by atoms with E-state index in [9.17, 15) is 4.79 Å². The van der Waals surface area contributed by atoms with Crippen molar-refractivity contribution < 1.29 is 9.53 Å². The van der Waals surface area contributed by atoms with Crippen molar-refractivity contribution in [2.75, 3.05) is 13.2 Å². The van der Waals surface area contributed by atoms with Crippen molar-refractivity contribution in [2.45, 2.75) is 12.8 Å². The first-order valence-electron chi connectivity index (χ1n) is 5.15. The predicted molar refractivity (Wildman–Crippen MR) is 67.0 cm³/mol. The molecule has 2 rings (SSSR count). The average Bonchev–Trinajstić information content (AvgIpc) is 2.29. The average molecular weight is 316 g/mol. The lowest BCUT2D eigenvalue weighted by Crippen LogP contribution is -2.23. The Hall–Kier alpha value is -0.420. The van der Waals surface area contributed by atoms with Crippen LogP contribution in [0.5, 0.6) is 0 Å². The summed E-state index contributed by atoms with van der Waals surface area (Å²) in [5, 5.41) is 0. The standard InChI is InChI=1S/C12H13IO2/c13-11-3-1-2-10(8-11)12(14)9-4-6-15-7-5-9/h1-3,8-9H,4-7H2. The second kappa shape index (κ2) is 5.07. The molecule has 1 saturated heterocycles. The smallest absolute Gasteiger partial charge is 0.166 e. The summed E-state index contributed by atoms with van der Waals surface area (Å²) in [6.07, 6.45) is 1.73. The molecule has 1 heterocycles. The maximum absolute atomic E-state index is 12.1. The topological polar surface area (TPSA) is 26.3 Å². The van der Waals surface area contributed by atoms with Crippen LogP contribution in [0.1, 0.15) is 23.2 Å². The highest BCUT2D eigenvalue weighted by Crippen LogP contribution is 2.20. The lowest BCUT2D eigenvalue weighted by molar-refractivity contribution is 0.0545. The lowest BCUT2D eigenvalue weighted by atomic mass is 9.91. The second-order valence-electron chi connectivity index (χ2n) is 3.76. The van der Waals surface area contributed by atoms with E-state index in [1.54, 1.807) is 0 Å². The highest BCUT2D eigenvalue weighted by Gasteiger charge is 2.22. The van der Waals surface area contributed by atoms with Gasteiger partial charge in [-0.05, 0) is 47.6 Å². The third-order valence-corrected chi connectivity index (χ3v) is 3.37. The second-order valence-corrected chi connectivity index (χ2v) is 5.01. The molecule has 0 aromatic heterocycles. The number of benzene rings is 1. The molecule has 3 heteroatoms. The molecule has 0 amide bonds. The Morgan fingerprint density at radius 3 is 2.73 bits per heavy atom. The molecular weight excluding hydrogens is 303 g/mol. The minimum atomic E-state index is 0.164. The van der Waals surface area contributed by atoms with Gasteiger partial charge < -0.3 is 4.74 Å². The van der Waals surface area contributed by atoms with Crippen molar-refractivity contribution >= 4 is 28.4 Å². The van der Waals surface area contributed by atoms with Gasteiger partial charge in [-0.1, -0.05) is 12.1 Å². The van der Waals surface area contributed by atoms with E-state index in [0.29, 0.717) is 0 Å². The zero-order valence-corrected chi connectivity index (χ0v) is 10.6. The molecule has 0 spiro atoms. The minimum Gasteiger partial charge on any atom is -0.381 e. The first-order valence-corrected chi connectivity index (χ1v) is 6.23. The van der Waals surface area contributed by atoms with Gasteiger partial charge in [0.1, 0.15) is 0 Å². The third-order valence-electron chi connectivity index (χ3n) is 2.70. The van der Waals surface area contributed by atoms with Gasteiger partial charge in [0.25, 0.3) is 0 Å². The molecule has 1 fully saturated rings. The number of rotatable bonds is 2. The van der Waals surface area contributed by atoms with E-state index in [-0.39, 0.29) is 11.7 Å². The molecule has 80 valence electrons. The van der Waals surface area contributed by atoms with Crippen LogP contribution in [0, 0.1) is 9.49 Å². The van der Waals surface area contributed by atoms with Crippen molar-refractivity contribution in [1.82, 2.24) is 0 Å². The normalized spacial score (nSPS) is 17.7. The molecule has 0 atom stereocenters. The van der Waals surface area contributed by atoms with Crippen LogP contribution in [-0.2, 0) is 4.74 Å². The zero-order valence-electron chi connectivity index (χ0n) is 8.41. The molecule has 15 heavy (non-hydrogen) atoms. The van der Waals surface area contributed by atoms with E-state index in [0.717, 1.165) is 35.2 Å². The highest BCUT2D eigenvalue weighted by atomic mass is 127. The number of carbonyl (C=O) groups is 1. The first-order chi connectivity index (χ1) is 7.27. The molecule has 0 bridgehead atoms. The fourth-order valence-corrected chi connectivity index (χ4v) is 2.38. The Balaban J connectivity index is 2.12. The van der Waals surface area contributed by atoms with Gasteiger partial charge >= 0.3 is 0 Å². The molecule has 0 aliphatic carbocycles. The van der Waals surface area contributed by atoms with Gasteiger partial charge in [-0.15, -0.1) is 0 Å². The Morgan fingerprint density at radius 2 is 2.07 bits per heavy atom. The van der Waals surface area contributed by atoms with Gasteiger partial charge in [-0.2, -0.15) is 0 Å². The lowest BCUT2D eigenvalue weighted by Gasteiger charge is -2.20. The quantitative estimate of drug-likeness (QED) is 0.619. The van der Waals surface area contributed by atoms with Gasteiger partial charge in [-0.3, -0.25) is 4.79 Å². The van der Waals surface area contributed by atoms with E-state index in [1.807, 2.05) is 24.3 Å². The van der Waals surface area contributed by atoms with Crippen molar-refractivity contribution in [3.8, 4) is 0 Å². The minimum absolute atomic E-state index is 0.164. The zero-order chi connectivity index (χ0) is 10.7. The van der Waals surface area contributed by atoms with Gasteiger partial charge in [0, 0.05) is 28.3 Å². The Labute approximate surface area is 103 Å². The van der Waals surface area contributed by atoms with E-state index >= 15 is 0 Å². The van der Waals surface area contributed by atoms with E-state index in [2.05, 4.69) is 22.6 Å². The number of halogens is 1. The predicted octanol–water partition coefficient (Wildman–Crippen LogP) is 2.90. The van der Waals surface area contributed by atoms with Crippen LogP contribution in [0.25, 0.3) is 0 Å². The summed E-state index contributed by atoms with van der Waals surface area (Å²) >= 11 is 2.23. The molecule has 0 radical (unpaired) electrons. The van der Waals surface area contributed by atoms with Gasteiger partial charge in [-0.25, -0.2) is 0 Å². The number of Topliss-reactive ketones (excluding diaryl/α,β-unsaturated/α-hetero) is 1. The Kier molecular flexibility index (Phi) is 3.75. The summed E-state index contributed by atoms with van der Waals surface area (Å²) in [7, 11) is 0. The molecule has 0 N–H and O–H groups in total. The number of hydrogen-bond donors (Lipinski definition) is 0. The number of carbonyl (C=O) groups excluding carboxylic acids is 1. The van der Waals surface area contributed by atoms with E-state index in [1.165, 1.54) is 0 Å². The maximum atomic E-state index is 12.1. The van der Waals surface area contributed by atoms with Gasteiger partial charge in [0.05, 0.1) is 0 Å². The van der Waals surface area contributed by atoms with E-state index < -0.39 is 0 Å². The summed E-state index contributed by atoms with van der Waals surface area (Å²) in [6.45, 7) is 1.45. The van der Waals surface area contributed by atoms with Crippen LogP contribution < -0.4 is 0 Å². The maximum Gasteiger partial charge on any atom is 0.166 e. The molecule has 1 aliphatic heterocycles. The van der Waals surface area contributed by atoms with Crippen molar-refractivity contribution in [3.63, 3.8) is 0 Å². The van der Waals surface area contributed by atoms with Crippen LogP contribution in [-0.4, -0.2) is 19.0 Å². The summed E-state index contributed by atoms with van der Waals surface area (Å²) < 4.78 is 6.37. The summed E-state index contributed by atoms with van der Waals surface area (Å²) in [5.41, 5.74) is 0.841. The molecular formula is C12H13IO2. The van der Waals surface area contributed by atoms with Crippen LogP contribution in [0.4, 0.5) is 0 Å². The number of hydrogen-bond acceptors (Lipinski definition) is 2. The van der Waals surface area contributed by atoms with Crippen LogP contribution in [0.15, 0.2) is 24.3 Å². The fraction of sp³-hybridized carbons (Fsp3) is 0.417. The Bertz CT molecular complexity index is 356. The number of ether oxygens (including phenoxy) is 1. The van der Waals surface area contributed by atoms with Crippen LogP contribution in [0.3, 0.4) is 0 Å². The Morgan fingerprint density at radius 1 is 1.33 bits per heavy atom. The largest absolute Gasteiger partial charge is 0.381 e. The van der Waals surface area contributed by atoms with Gasteiger partial charge in [0.2, 0.25) is 0 Å². The fourth-order valence-electron chi connectivity index (χ4n) is 1.84. The van der Waals surface area contributed by atoms with Crippen molar-refractivity contribution in [2.24, 2.45) is 5.92 Å². The summed E-state index contributed by atoms with van der Waals surface area (Å²) in [6, 6.07) is 7.80.